The van der Waals surface area contributed by atoms with Crippen LogP contribution in [0.3, 0.4) is 0 Å². The van der Waals surface area contributed by atoms with E-state index in [1.54, 1.807) is 18.2 Å². The Kier molecular flexibility index (Phi) is 6.60. The number of anilines is 1. The Bertz CT molecular complexity index is 515. The predicted octanol–water partition coefficient (Wildman–Crippen LogP) is 1.61. The van der Waals surface area contributed by atoms with E-state index in [9.17, 15) is 8.42 Å². The van der Waals surface area contributed by atoms with Crippen molar-refractivity contribution in [3.63, 3.8) is 0 Å². The number of hydrogen-bond acceptors (Lipinski definition) is 5. The third kappa shape index (κ3) is 5.26. The van der Waals surface area contributed by atoms with Gasteiger partial charge >= 0.3 is 0 Å². The lowest BCUT2D eigenvalue weighted by Gasteiger charge is -2.14. The van der Waals surface area contributed by atoms with Gasteiger partial charge in [-0.2, -0.15) is 0 Å². The van der Waals surface area contributed by atoms with Crippen molar-refractivity contribution in [1.29, 1.82) is 0 Å². The molecule has 20 heavy (non-hydrogen) atoms. The number of rotatable bonds is 9. The van der Waals surface area contributed by atoms with Gasteiger partial charge < -0.3 is 14.6 Å². The van der Waals surface area contributed by atoms with Crippen molar-refractivity contribution < 1.29 is 23.0 Å². The molecule has 7 heteroatoms. The average Bonchev–Trinajstić information content (AvgIpc) is 2.40. The van der Waals surface area contributed by atoms with Gasteiger partial charge in [0.15, 0.2) is 0 Å². The van der Waals surface area contributed by atoms with Crippen molar-refractivity contribution in [3.8, 4) is 11.5 Å². The molecule has 0 saturated carbocycles. The summed E-state index contributed by atoms with van der Waals surface area (Å²) in [5.41, 5.74) is 0.343. The first-order valence-corrected chi connectivity index (χ1v) is 8.18. The van der Waals surface area contributed by atoms with Crippen LogP contribution in [0.5, 0.6) is 11.5 Å². The van der Waals surface area contributed by atoms with Crippen LogP contribution < -0.4 is 14.2 Å². The number of hydrogen-bond donors (Lipinski definition) is 2. The van der Waals surface area contributed by atoms with Crippen molar-refractivity contribution in [1.82, 2.24) is 0 Å². The second-order valence-electron chi connectivity index (χ2n) is 4.02. The quantitative estimate of drug-likeness (QED) is 0.724. The van der Waals surface area contributed by atoms with Crippen LogP contribution in [0.2, 0.25) is 0 Å². The number of aliphatic hydroxyl groups is 1. The second kappa shape index (κ2) is 7.96. The summed E-state index contributed by atoms with van der Waals surface area (Å²) in [5, 5.41) is 8.71. The Morgan fingerprint density at radius 2 is 1.90 bits per heavy atom. The number of nitrogens with one attached hydrogen (secondary N) is 1. The SMILES string of the molecule is CCOc1ccc(OCC)c(NS(=O)(=O)CCCO)c1. The normalized spacial score (nSPS) is 11.2. The molecule has 0 fully saturated rings. The van der Waals surface area contributed by atoms with Crippen molar-refractivity contribution in [2.45, 2.75) is 20.3 Å². The molecule has 0 spiro atoms. The molecule has 0 aliphatic carbocycles. The average molecular weight is 303 g/mol. The molecule has 0 atom stereocenters. The summed E-state index contributed by atoms with van der Waals surface area (Å²) in [6.07, 6.45) is 0.185. The number of ether oxygens (including phenoxy) is 2. The molecule has 0 aliphatic heterocycles. The van der Waals surface area contributed by atoms with Gasteiger partial charge in [0.25, 0.3) is 0 Å². The zero-order valence-electron chi connectivity index (χ0n) is 11.8. The zero-order valence-corrected chi connectivity index (χ0v) is 12.6. The molecule has 114 valence electrons. The highest BCUT2D eigenvalue weighted by Gasteiger charge is 2.14. The molecule has 0 heterocycles. The van der Waals surface area contributed by atoms with E-state index in [0.29, 0.717) is 30.4 Å². The van der Waals surface area contributed by atoms with Crippen LogP contribution in [0.4, 0.5) is 5.69 Å². The minimum atomic E-state index is -3.51. The summed E-state index contributed by atoms with van der Waals surface area (Å²) >= 11 is 0. The Morgan fingerprint density at radius 3 is 2.50 bits per heavy atom. The molecule has 1 rings (SSSR count). The lowest BCUT2D eigenvalue weighted by Crippen LogP contribution is -2.18. The van der Waals surface area contributed by atoms with Crippen molar-refractivity contribution in [2.75, 3.05) is 30.3 Å². The number of aliphatic hydroxyl groups excluding tert-OH is 1. The molecule has 0 bridgehead atoms. The van der Waals surface area contributed by atoms with Gasteiger partial charge in [-0.05, 0) is 32.4 Å². The highest BCUT2D eigenvalue weighted by atomic mass is 32.2. The predicted molar refractivity (Wildman–Crippen MR) is 77.9 cm³/mol. The van der Waals surface area contributed by atoms with Crippen molar-refractivity contribution in [3.05, 3.63) is 18.2 Å². The van der Waals surface area contributed by atoms with Crippen LogP contribution in [0.15, 0.2) is 18.2 Å². The first-order chi connectivity index (χ1) is 9.52. The van der Waals surface area contributed by atoms with Crippen LogP contribution in [0.25, 0.3) is 0 Å². The molecule has 0 radical (unpaired) electrons. The van der Waals surface area contributed by atoms with E-state index in [4.69, 9.17) is 14.6 Å². The van der Waals surface area contributed by atoms with E-state index in [1.807, 2.05) is 13.8 Å². The molecule has 0 aliphatic rings. The van der Waals surface area contributed by atoms with E-state index < -0.39 is 10.0 Å². The lowest BCUT2D eigenvalue weighted by atomic mass is 10.3. The van der Waals surface area contributed by atoms with Gasteiger partial charge in [0, 0.05) is 12.7 Å². The fraction of sp³-hybridized carbons (Fsp3) is 0.538. The molecular weight excluding hydrogens is 282 g/mol. The number of benzene rings is 1. The first-order valence-electron chi connectivity index (χ1n) is 6.53. The summed E-state index contributed by atoms with van der Waals surface area (Å²) in [4.78, 5) is 0. The molecular formula is C13H21NO5S. The highest BCUT2D eigenvalue weighted by molar-refractivity contribution is 7.92. The molecule has 0 unspecified atom stereocenters. The summed E-state index contributed by atoms with van der Waals surface area (Å²) in [5.74, 6) is 0.868. The molecule has 0 amide bonds. The van der Waals surface area contributed by atoms with E-state index >= 15 is 0 Å². The second-order valence-corrected chi connectivity index (χ2v) is 5.86. The van der Waals surface area contributed by atoms with E-state index in [1.165, 1.54) is 0 Å². The van der Waals surface area contributed by atoms with Gasteiger partial charge in [-0.1, -0.05) is 0 Å². The molecule has 6 nitrogen and oxygen atoms in total. The van der Waals surface area contributed by atoms with Gasteiger partial charge in [-0.15, -0.1) is 0 Å². The summed E-state index contributed by atoms with van der Waals surface area (Å²) in [6.45, 7) is 4.42. The maximum Gasteiger partial charge on any atom is 0.232 e. The largest absolute Gasteiger partial charge is 0.494 e. The first kappa shape index (κ1) is 16.6. The van der Waals surface area contributed by atoms with Crippen LogP contribution in [0.1, 0.15) is 20.3 Å². The third-order valence-electron chi connectivity index (χ3n) is 2.40. The van der Waals surface area contributed by atoms with Crippen LogP contribution >= 0.6 is 0 Å². The topological polar surface area (TPSA) is 84.9 Å². The summed E-state index contributed by atoms with van der Waals surface area (Å²) < 4.78 is 36.9. The Labute approximate surface area is 119 Å². The maximum atomic E-state index is 11.9. The van der Waals surface area contributed by atoms with E-state index in [2.05, 4.69) is 4.72 Å². The molecule has 1 aromatic carbocycles. The van der Waals surface area contributed by atoms with Crippen LogP contribution in [-0.4, -0.2) is 39.1 Å². The zero-order chi connectivity index (χ0) is 15.0. The Morgan fingerprint density at radius 1 is 1.20 bits per heavy atom. The minimum Gasteiger partial charge on any atom is -0.494 e. The Balaban J connectivity index is 2.97. The molecule has 0 aromatic heterocycles. The highest BCUT2D eigenvalue weighted by Crippen LogP contribution is 2.30. The van der Waals surface area contributed by atoms with E-state index in [-0.39, 0.29) is 18.8 Å². The molecule has 2 N–H and O–H groups in total. The monoisotopic (exact) mass is 303 g/mol. The van der Waals surface area contributed by atoms with Crippen LogP contribution in [-0.2, 0) is 10.0 Å². The summed E-state index contributed by atoms with van der Waals surface area (Å²) in [7, 11) is -3.51. The lowest BCUT2D eigenvalue weighted by molar-refractivity contribution is 0.295. The smallest absolute Gasteiger partial charge is 0.232 e. The van der Waals surface area contributed by atoms with Gasteiger partial charge in [0.2, 0.25) is 10.0 Å². The van der Waals surface area contributed by atoms with Gasteiger partial charge in [0.05, 0.1) is 24.7 Å². The maximum absolute atomic E-state index is 11.9. The molecule has 1 aromatic rings. The van der Waals surface area contributed by atoms with Crippen molar-refractivity contribution >= 4 is 15.7 Å². The van der Waals surface area contributed by atoms with Gasteiger partial charge in [-0.3, -0.25) is 4.72 Å². The number of sulfonamides is 1. The fourth-order valence-corrected chi connectivity index (χ4v) is 2.71. The molecule has 0 saturated heterocycles. The van der Waals surface area contributed by atoms with Gasteiger partial charge in [0.1, 0.15) is 11.5 Å². The van der Waals surface area contributed by atoms with E-state index in [0.717, 1.165) is 0 Å². The minimum absolute atomic E-state index is 0.145. The fourth-order valence-electron chi connectivity index (χ4n) is 1.60. The Hall–Kier alpha value is -1.47. The van der Waals surface area contributed by atoms with Crippen molar-refractivity contribution in [2.24, 2.45) is 0 Å². The summed E-state index contributed by atoms with van der Waals surface area (Å²) in [6, 6.07) is 4.98. The standard InChI is InChI=1S/C13H21NO5S/c1-3-18-11-6-7-13(19-4-2)12(10-11)14-20(16,17)9-5-8-15/h6-7,10,14-15H,3-5,8-9H2,1-2H3. The van der Waals surface area contributed by atoms with Gasteiger partial charge in [-0.25, -0.2) is 8.42 Å². The third-order valence-corrected chi connectivity index (χ3v) is 3.76. The van der Waals surface area contributed by atoms with Crippen LogP contribution in [0, 0.1) is 0 Å².